The van der Waals surface area contributed by atoms with E-state index in [0.717, 1.165) is 44.1 Å². The molecule has 2 aliphatic heterocycles. The molecule has 0 saturated carbocycles. The summed E-state index contributed by atoms with van der Waals surface area (Å²) in [5.74, 6) is 1.20. The topological polar surface area (TPSA) is 79.4 Å². The molecule has 1 unspecified atom stereocenters. The van der Waals surface area contributed by atoms with Crippen LogP contribution in [-0.2, 0) is 4.74 Å². The summed E-state index contributed by atoms with van der Waals surface area (Å²) in [5, 5.41) is 6.10. The van der Waals surface area contributed by atoms with Crippen molar-refractivity contribution in [2.24, 2.45) is 5.92 Å². The summed E-state index contributed by atoms with van der Waals surface area (Å²) in [7, 11) is 0. The Morgan fingerprint density at radius 1 is 1.14 bits per heavy atom. The SMILES string of the molecule is CC1CCN(c2ccc(NC(=O)c3cnc(NCC4CCCO4)cn3)cc2)CC1. The van der Waals surface area contributed by atoms with Crippen molar-refractivity contribution in [1.29, 1.82) is 0 Å². The lowest BCUT2D eigenvalue weighted by molar-refractivity contribution is 0.102. The number of nitrogens with zero attached hydrogens (tertiary/aromatic N) is 3. The Labute approximate surface area is 171 Å². The molecule has 1 aromatic heterocycles. The third kappa shape index (κ3) is 5.23. The molecular formula is C22H29N5O2. The van der Waals surface area contributed by atoms with Gasteiger partial charge in [0.1, 0.15) is 11.5 Å². The van der Waals surface area contributed by atoms with E-state index in [1.54, 1.807) is 6.20 Å². The first-order valence-electron chi connectivity index (χ1n) is 10.5. The lowest BCUT2D eigenvalue weighted by Gasteiger charge is -2.32. The Morgan fingerprint density at radius 3 is 2.59 bits per heavy atom. The number of piperidine rings is 1. The molecule has 29 heavy (non-hydrogen) atoms. The number of aromatic nitrogens is 2. The highest BCUT2D eigenvalue weighted by molar-refractivity contribution is 6.02. The highest BCUT2D eigenvalue weighted by Crippen LogP contribution is 2.24. The number of carbonyl (C=O) groups excluding carboxylic acids is 1. The highest BCUT2D eigenvalue weighted by Gasteiger charge is 2.17. The molecule has 1 amide bonds. The van der Waals surface area contributed by atoms with Gasteiger partial charge in [-0.3, -0.25) is 4.79 Å². The molecule has 7 heteroatoms. The summed E-state index contributed by atoms with van der Waals surface area (Å²) < 4.78 is 5.58. The van der Waals surface area contributed by atoms with E-state index in [1.807, 2.05) is 12.1 Å². The number of rotatable bonds is 6. The second kappa shape index (κ2) is 9.22. The van der Waals surface area contributed by atoms with Crippen molar-refractivity contribution < 1.29 is 9.53 Å². The van der Waals surface area contributed by atoms with Gasteiger partial charge < -0.3 is 20.3 Å². The van der Waals surface area contributed by atoms with Gasteiger partial charge in [-0.25, -0.2) is 9.97 Å². The van der Waals surface area contributed by atoms with Gasteiger partial charge in [-0.15, -0.1) is 0 Å². The molecule has 0 aliphatic carbocycles. The van der Waals surface area contributed by atoms with Crippen LogP contribution in [0, 0.1) is 5.92 Å². The van der Waals surface area contributed by atoms with Crippen LogP contribution >= 0.6 is 0 Å². The van der Waals surface area contributed by atoms with E-state index in [4.69, 9.17) is 4.74 Å². The van der Waals surface area contributed by atoms with Crippen LogP contribution in [0.5, 0.6) is 0 Å². The average Bonchev–Trinajstić information content (AvgIpc) is 3.27. The third-order valence-corrected chi connectivity index (χ3v) is 5.69. The first-order chi connectivity index (χ1) is 14.2. The largest absolute Gasteiger partial charge is 0.376 e. The van der Waals surface area contributed by atoms with Crippen LogP contribution < -0.4 is 15.5 Å². The van der Waals surface area contributed by atoms with Crippen molar-refractivity contribution in [2.75, 3.05) is 41.8 Å². The zero-order valence-corrected chi connectivity index (χ0v) is 16.9. The van der Waals surface area contributed by atoms with Crippen LogP contribution in [0.1, 0.15) is 43.1 Å². The molecule has 0 bridgehead atoms. The minimum absolute atomic E-state index is 0.232. The van der Waals surface area contributed by atoms with Crippen molar-refractivity contribution in [3.05, 3.63) is 42.4 Å². The smallest absolute Gasteiger partial charge is 0.275 e. The molecule has 2 aromatic rings. The van der Waals surface area contributed by atoms with Gasteiger partial charge in [0.25, 0.3) is 5.91 Å². The molecule has 7 nitrogen and oxygen atoms in total. The van der Waals surface area contributed by atoms with Crippen LogP contribution in [0.3, 0.4) is 0 Å². The molecule has 0 spiro atoms. The quantitative estimate of drug-likeness (QED) is 0.779. The maximum Gasteiger partial charge on any atom is 0.275 e. The maximum atomic E-state index is 12.5. The summed E-state index contributed by atoms with van der Waals surface area (Å²) in [6.45, 7) is 6.04. The molecule has 1 aromatic carbocycles. The van der Waals surface area contributed by atoms with Crippen molar-refractivity contribution in [3.8, 4) is 0 Å². The molecule has 2 fully saturated rings. The fourth-order valence-electron chi connectivity index (χ4n) is 3.78. The van der Waals surface area contributed by atoms with Crippen LogP contribution in [-0.4, -0.2) is 48.2 Å². The van der Waals surface area contributed by atoms with Gasteiger partial charge >= 0.3 is 0 Å². The van der Waals surface area contributed by atoms with Gasteiger partial charge in [0.2, 0.25) is 0 Å². The van der Waals surface area contributed by atoms with Gasteiger partial charge in [0, 0.05) is 37.6 Å². The third-order valence-electron chi connectivity index (χ3n) is 5.69. The molecular weight excluding hydrogens is 366 g/mol. The summed E-state index contributed by atoms with van der Waals surface area (Å²) in [5.41, 5.74) is 2.25. The van der Waals surface area contributed by atoms with Crippen LogP contribution in [0.15, 0.2) is 36.7 Å². The molecule has 154 valence electrons. The second-order valence-corrected chi connectivity index (χ2v) is 7.97. The minimum Gasteiger partial charge on any atom is -0.376 e. The molecule has 2 N–H and O–H groups in total. The van der Waals surface area contributed by atoms with E-state index < -0.39 is 0 Å². The van der Waals surface area contributed by atoms with Crippen molar-refractivity contribution in [2.45, 2.75) is 38.7 Å². The van der Waals surface area contributed by atoms with E-state index in [2.05, 4.69) is 44.6 Å². The summed E-state index contributed by atoms with van der Waals surface area (Å²) in [6.07, 6.45) is 7.95. The Bertz CT molecular complexity index is 795. The van der Waals surface area contributed by atoms with Crippen LogP contribution in [0.25, 0.3) is 0 Å². The predicted octanol–water partition coefficient (Wildman–Crippen LogP) is 3.56. The monoisotopic (exact) mass is 395 g/mol. The van der Waals surface area contributed by atoms with Gasteiger partial charge in [0.05, 0.1) is 18.5 Å². The molecule has 0 radical (unpaired) electrons. The van der Waals surface area contributed by atoms with E-state index in [1.165, 1.54) is 24.7 Å². The van der Waals surface area contributed by atoms with Gasteiger partial charge in [0.15, 0.2) is 0 Å². The fourth-order valence-corrected chi connectivity index (χ4v) is 3.78. The lowest BCUT2D eigenvalue weighted by Crippen LogP contribution is -2.32. The highest BCUT2D eigenvalue weighted by atomic mass is 16.5. The van der Waals surface area contributed by atoms with Crippen molar-refractivity contribution >= 4 is 23.1 Å². The molecule has 2 aliphatic rings. The van der Waals surface area contributed by atoms with Crippen LogP contribution in [0.2, 0.25) is 0 Å². The predicted molar refractivity (Wildman–Crippen MR) is 115 cm³/mol. The number of anilines is 3. The Hall–Kier alpha value is -2.67. The summed E-state index contributed by atoms with van der Waals surface area (Å²) >= 11 is 0. The zero-order valence-electron chi connectivity index (χ0n) is 16.9. The van der Waals surface area contributed by atoms with E-state index >= 15 is 0 Å². The fraction of sp³-hybridized carbons (Fsp3) is 0.500. The lowest BCUT2D eigenvalue weighted by atomic mass is 9.99. The summed E-state index contributed by atoms with van der Waals surface area (Å²) in [4.78, 5) is 23.4. The number of hydrogen-bond acceptors (Lipinski definition) is 6. The Morgan fingerprint density at radius 2 is 1.93 bits per heavy atom. The number of ether oxygens (including phenoxy) is 1. The number of carbonyl (C=O) groups is 1. The number of nitrogens with one attached hydrogen (secondary N) is 2. The first-order valence-corrected chi connectivity index (χ1v) is 10.5. The van der Waals surface area contributed by atoms with Crippen LogP contribution in [0.4, 0.5) is 17.2 Å². The Balaban J connectivity index is 1.29. The average molecular weight is 396 g/mol. The van der Waals surface area contributed by atoms with E-state index in [9.17, 15) is 4.79 Å². The van der Waals surface area contributed by atoms with Crippen molar-refractivity contribution in [3.63, 3.8) is 0 Å². The number of amides is 1. The van der Waals surface area contributed by atoms with Gasteiger partial charge in [-0.1, -0.05) is 6.92 Å². The normalized spacial score (nSPS) is 19.9. The number of hydrogen-bond donors (Lipinski definition) is 2. The minimum atomic E-state index is -0.261. The number of benzene rings is 1. The van der Waals surface area contributed by atoms with E-state index in [0.29, 0.717) is 18.1 Å². The van der Waals surface area contributed by atoms with Gasteiger partial charge in [-0.05, 0) is 55.9 Å². The second-order valence-electron chi connectivity index (χ2n) is 7.97. The molecule has 1 atom stereocenters. The zero-order chi connectivity index (χ0) is 20.1. The standard InChI is InChI=1S/C22H29N5O2/c1-16-8-10-27(11-9-16)18-6-4-17(5-7-18)26-22(28)20-14-25-21(15-23-20)24-13-19-3-2-12-29-19/h4-7,14-16,19H,2-3,8-13H2,1H3,(H,24,25)(H,26,28). The van der Waals surface area contributed by atoms with Gasteiger partial charge in [-0.2, -0.15) is 0 Å². The molecule has 4 rings (SSSR count). The Kier molecular flexibility index (Phi) is 6.24. The summed E-state index contributed by atoms with van der Waals surface area (Å²) in [6, 6.07) is 8.01. The first kappa shape index (κ1) is 19.6. The molecule has 2 saturated heterocycles. The molecule has 3 heterocycles. The van der Waals surface area contributed by atoms with Crippen molar-refractivity contribution in [1.82, 2.24) is 9.97 Å². The maximum absolute atomic E-state index is 12.5. The van der Waals surface area contributed by atoms with E-state index in [-0.39, 0.29) is 12.0 Å².